The van der Waals surface area contributed by atoms with Crippen LogP contribution in [0.4, 0.5) is 0 Å². The van der Waals surface area contributed by atoms with E-state index in [0.29, 0.717) is 18.4 Å². The highest BCUT2D eigenvalue weighted by Gasteiger charge is 2.65. The Balaban J connectivity index is 1.83. The molecular formula is C20H29NO4S. The van der Waals surface area contributed by atoms with E-state index >= 15 is 0 Å². The van der Waals surface area contributed by atoms with Crippen LogP contribution in [0.3, 0.4) is 0 Å². The zero-order valence-electron chi connectivity index (χ0n) is 16.0. The maximum Gasteiger partial charge on any atom is 0.215 e. The van der Waals surface area contributed by atoms with Crippen LogP contribution in [-0.2, 0) is 14.8 Å². The molecule has 5 nitrogen and oxygen atoms in total. The maximum atomic E-state index is 13.1. The number of ketones is 1. The molecule has 2 unspecified atom stereocenters. The lowest BCUT2D eigenvalue weighted by atomic mass is 9.70. The number of sulfonamides is 1. The van der Waals surface area contributed by atoms with Crippen molar-refractivity contribution in [1.29, 1.82) is 0 Å². The molecule has 26 heavy (non-hydrogen) atoms. The Morgan fingerprint density at radius 1 is 1.27 bits per heavy atom. The Hall–Kier alpha value is -1.24. The SMILES string of the molecule is CC(C(O)c1ccccc1)N(C)S(=O)(=O)C[C@]12CC[C@H](CC1=O)C2(C)C. The van der Waals surface area contributed by atoms with Gasteiger partial charge in [-0.25, -0.2) is 8.42 Å². The van der Waals surface area contributed by atoms with Gasteiger partial charge in [0.15, 0.2) is 0 Å². The number of carbonyl (C=O) groups is 1. The first-order valence-electron chi connectivity index (χ1n) is 9.25. The van der Waals surface area contributed by atoms with Gasteiger partial charge in [-0.15, -0.1) is 0 Å². The Bertz CT molecular complexity index is 789. The molecular weight excluding hydrogens is 350 g/mol. The monoisotopic (exact) mass is 379 g/mol. The first-order valence-corrected chi connectivity index (χ1v) is 10.9. The van der Waals surface area contributed by atoms with Crippen LogP contribution in [-0.4, -0.2) is 42.5 Å². The molecule has 2 bridgehead atoms. The maximum absolute atomic E-state index is 13.1. The molecule has 0 aromatic heterocycles. The number of nitrogens with zero attached hydrogens (tertiary/aromatic N) is 1. The van der Waals surface area contributed by atoms with E-state index in [0.717, 1.165) is 6.42 Å². The summed E-state index contributed by atoms with van der Waals surface area (Å²) < 4.78 is 27.5. The number of aliphatic hydroxyl groups excluding tert-OH is 1. The van der Waals surface area contributed by atoms with Crippen LogP contribution in [0.5, 0.6) is 0 Å². The highest BCUT2D eigenvalue weighted by molar-refractivity contribution is 7.89. The topological polar surface area (TPSA) is 74.7 Å². The second-order valence-electron chi connectivity index (χ2n) is 8.54. The zero-order chi connectivity index (χ0) is 19.3. The Labute approximate surface area is 156 Å². The summed E-state index contributed by atoms with van der Waals surface area (Å²) in [6.45, 7) is 5.77. The van der Waals surface area contributed by atoms with Crippen LogP contribution in [0.15, 0.2) is 30.3 Å². The summed E-state index contributed by atoms with van der Waals surface area (Å²) in [6, 6.07) is 8.44. The normalized spacial score (nSPS) is 29.9. The van der Waals surface area contributed by atoms with Gasteiger partial charge in [0.2, 0.25) is 10.0 Å². The van der Waals surface area contributed by atoms with Crippen LogP contribution in [0.1, 0.15) is 51.7 Å². The number of aliphatic hydroxyl groups is 1. The molecule has 0 saturated heterocycles. The molecule has 6 heteroatoms. The van der Waals surface area contributed by atoms with Crippen molar-refractivity contribution in [1.82, 2.24) is 4.31 Å². The lowest BCUT2D eigenvalue weighted by molar-refractivity contribution is -0.128. The van der Waals surface area contributed by atoms with Gasteiger partial charge in [0, 0.05) is 18.9 Å². The van der Waals surface area contributed by atoms with Crippen LogP contribution in [0.25, 0.3) is 0 Å². The van der Waals surface area contributed by atoms with Crippen molar-refractivity contribution in [3.8, 4) is 0 Å². The molecule has 0 aliphatic heterocycles. The van der Waals surface area contributed by atoms with E-state index in [1.54, 1.807) is 19.1 Å². The van der Waals surface area contributed by atoms with Gasteiger partial charge in [-0.3, -0.25) is 4.79 Å². The van der Waals surface area contributed by atoms with Crippen molar-refractivity contribution in [3.63, 3.8) is 0 Å². The van der Waals surface area contributed by atoms with Gasteiger partial charge >= 0.3 is 0 Å². The van der Waals surface area contributed by atoms with Crippen LogP contribution in [0, 0.1) is 16.7 Å². The number of carbonyl (C=O) groups excluding carboxylic acids is 1. The molecule has 144 valence electrons. The van der Waals surface area contributed by atoms with Crippen molar-refractivity contribution in [2.24, 2.45) is 16.7 Å². The molecule has 2 fully saturated rings. The number of hydrogen-bond donors (Lipinski definition) is 1. The molecule has 0 spiro atoms. The van der Waals surface area contributed by atoms with E-state index in [4.69, 9.17) is 0 Å². The summed E-state index contributed by atoms with van der Waals surface area (Å²) in [7, 11) is -2.19. The van der Waals surface area contributed by atoms with Crippen molar-refractivity contribution in [2.75, 3.05) is 12.8 Å². The van der Waals surface area contributed by atoms with Gasteiger partial charge in [0.05, 0.1) is 17.9 Å². The van der Waals surface area contributed by atoms with E-state index in [2.05, 4.69) is 0 Å². The second-order valence-corrected chi connectivity index (χ2v) is 10.6. The van der Waals surface area contributed by atoms with E-state index in [-0.39, 0.29) is 22.9 Å². The van der Waals surface area contributed by atoms with E-state index in [9.17, 15) is 18.3 Å². The minimum Gasteiger partial charge on any atom is -0.387 e. The predicted molar refractivity (Wildman–Crippen MR) is 101 cm³/mol. The molecule has 0 amide bonds. The fourth-order valence-electron chi connectivity index (χ4n) is 4.90. The third-order valence-electron chi connectivity index (χ3n) is 7.18. The molecule has 1 N–H and O–H groups in total. The average molecular weight is 380 g/mol. The number of rotatable bonds is 6. The van der Waals surface area contributed by atoms with Gasteiger partial charge in [-0.1, -0.05) is 44.2 Å². The van der Waals surface area contributed by atoms with Crippen LogP contribution < -0.4 is 0 Å². The Morgan fingerprint density at radius 3 is 2.38 bits per heavy atom. The molecule has 0 heterocycles. The highest BCUT2D eigenvalue weighted by Crippen LogP contribution is 2.64. The van der Waals surface area contributed by atoms with Crippen molar-refractivity contribution in [3.05, 3.63) is 35.9 Å². The molecule has 3 rings (SSSR count). The van der Waals surface area contributed by atoms with Gasteiger partial charge in [0.25, 0.3) is 0 Å². The van der Waals surface area contributed by atoms with Crippen molar-refractivity contribution in [2.45, 2.75) is 52.2 Å². The van der Waals surface area contributed by atoms with Crippen LogP contribution in [0.2, 0.25) is 0 Å². The lowest BCUT2D eigenvalue weighted by Crippen LogP contribution is -2.48. The first-order chi connectivity index (χ1) is 12.0. The summed E-state index contributed by atoms with van der Waals surface area (Å²) in [5, 5.41) is 10.6. The number of likely N-dealkylation sites (N-methyl/N-ethyl adjacent to an activating group) is 1. The molecule has 4 atom stereocenters. The fraction of sp³-hybridized carbons (Fsp3) is 0.650. The molecule has 2 aliphatic rings. The van der Waals surface area contributed by atoms with Gasteiger partial charge in [0.1, 0.15) is 5.78 Å². The predicted octanol–water partition coefficient (Wildman–Crippen LogP) is 2.77. The first kappa shape index (κ1) is 19.5. The van der Waals surface area contributed by atoms with Gasteiger partial charge in [-0.2, -0.15) is 4.31 Å². The molecule has 2 saturated carbocycles. The third-order valence-corrected chi connectivity index (χ3v) is 9.25. The minimum atomic E-state index is -3.69. The molecule has 1 aromatic carbocycles. The van der Waals surface area contributed by atoms with Gasteiger partial charge < -0.3 is 5.11 Å². The molecule has 1 aromatic rings. The van der Waals surface area contributed by atoms with Crippen LogP contribution >= 0.6 is 0 Å². The second kappa shape index (κ2) is 6.43. The highest BCUT2D eigenvalue weighted by atomic mass is 32.2. The fourth-order valence-corrected chi connectivity index (χ4v) is 7.03. The van der Waals surface area contributed by atoms with E-state index in [1.807, 2.05) is 32.0 Å². The molecule has 2 aliphatic carbocycles. The van der Waals surface area contributed by atoms with Gasteiger partial charge in [-0.05, 0) is 36.7 Å². The number of fused-ring (bicyclic) bond motifs is 2. The summed E-state index contributed by atoms with van der Waals surface area (Å²) in [5.41, 5.74) is -0.403. The summed E-state index contributed by atoms with van der Waals surface area (Å²) in [5.74, 6) is 0.208. The van der Waals surface area contributed by atoms with E-state index < -0.39 is 27.6 Å². The zero-order valence-corrected chi connectivity index (χ0v) is 16.8. The standard InChI is InChI=1S/C20H29NO4S/c1-14(18(23)15-8-6-5-7-9-15)21(4)26(24,25)13-20-11-10-16(12-17(20)22)19(20,2)3/h5-9,14,16,18,23H,10-13H2,1-4H3/t14?,16-,18?,20-/m1/s1. The lowest BCUT2D eigenvalue weighted by Gasteiger charge is -2.38. The average Bonchev–Trinajstić information content (AvgIpc) is 2.94. The van der Waals surface area contributed by atoms with Crippen molar-refractivity contribution >= 4 is 15.8 Å². The number of hydrogen-bond acceptors (Lipinski definition) is 4. The minimum absolute atomic E-state index is 0.0898. The summed E-state index contributed by atoms with van der Waals surface area (Å²) in [4.78, 5) is 12.7. The summed E-state index contributed by atoms with van der Waals surface area (Å²) in [6.07, 6.45) is 1.14. The Kier molecular flexibility index (Phi) is 4.83. The largest absolute Gasteiger partial charge is 0.387 e. The number of Topliss-reactive ketones (excluding diaryl/α,β-unsaturated/α-hetero) is 1. The summed E-state index contributed by atoms with van der Waals surface area (Å²) >= 11 is 0. The van der Waals surface area contributed by atoms with E-state index in [1.165, 1.54) is 11.4 Å². The Morgan fingerprint density at radius 2 is 1.88 bits per heavy atom. The number of benzene rings is 1. The quantitative estimate of drug-likeness (QED) is 0.825. The van der Waals surface area contributed by atoms with Crippen molar-refractivity contribution < 1.29 is 18.3 Å². The smallest absolute Gasteiger partial charge is 0.215 e. The third kappa shape index (κ3) is 2.83. The molecule has 0 radical (unpaired) electrons.